The lowest BCUT2D eigenvalue weighted by molar-refractivity contribution is -0.138. The number of hydrogen-bond acceptors (Lipinski definition) is 3. The lowest BCUT2D eigenvalue weighted by Gasteiger charge is -2.58. The molecule has 0 saturated heterocycles. The minimum Gasteiger partial charge on any atom is -0.393 e. The molecule has 3 fully saturated rings. The highest BCUT2D eigenvalue weighted by atomic mass is 16.3. The summed E-state index contributed by atoms with van der Waals surface area (Å²) in [5.41, 5.74) is 0.845. The fourth-order valence-corrected chi connectivity index (χ4v) is 6.80. The molecule has 3 aliphatic rings. The van der Waals surface area contributed by atoms with Crippen molar-refractivity contribution in [2.75, 3.05) is 0 Å². The van der Waals surface area contributed by atoms with Crippen LogP contribution in [0, 0.1) is 34.5 Å². The summed E-state index contributed by atoms with van der Waals surface area (Å²) in [5, 5.41) is 22.0. The van der Waals surface area contributed by atoms with Gasteiger partial charge >= 0.3 is 0 Å². The van der Waals surface area contributed by atoms with Gasteiger partial charge in [-0.3, -0.25) is 4.79 Å². The molecule has 0 spiro atoms. The van der Waals surface area contributed by atoms with Gasteiger partial charge in [-0.25, -0.2) is 0 Å². The highest BCUT2D eigenvalue weighted by Crippen LogP contribution is 2.65. The van der Waals surface area contributed by atoms with Crippen molar-refractivity contribution in [3.05, 3.63) is 23.8 Å². The summed E-state index contributed by atoms with van der Waals surface area (Å²) in [6.07, 6.45) is 10.7. The van der Waals surface area contributed by atoms with Crippen LogP contribution in [0.3, 0.4) is 0 Å². The van der Waals surface area contributed by atoms with Gasteiger partial charge in [-0.15, -0.1) is 0 Å². The molecule has 0 aromatic rings. The number of carbonyl (C=O) groups excluding carboxylic acids is 1. The van der Waals surface area contributed by atoms with Crippen LogP contribution in [-0.4, -0.2) is 28.7 Å². The third-order valence-electron chi connectivity index (χ3n) is 7.99. The van der Waals surface area contributed by atoms with E-state index in [1.807, 2.05) is 6.92 Å². The smallest absolute Gasteiger partial charge is 0.142 e. The van der Waals surface area contributed by atoms with Crippen LogP contribution < -0.4 is 0 Å². The van der Waals surface area contributed by atoms with Crippen molar-refractivity contribution in [2.24, 2.45) is 34.5 Å². The summed E-state index contributed by atoms with van der Waals surface area (Å²) in [6.45, 7) is 8.59. The number of rotatable bonds is 3. The molecule has 3 saturated carbocycles. The lowest BCUT2D eigenvalue weighted by Crippen LogP contribution is -2.56. The number of aliphatic hydroxyl groups excluding tert-OH is 2. The Morgan fingerprint density at radius 1 is 1.28 bits per heavy atom. The number of carbonyl (C=O) groups is 1. The Hall–Kier alpha value is -0.930. The maximum Gasteiger partial charge on any atom is 0.142 e. The van der Waals surface area contributed by atoms with E-state index in [4.69, 9.17) is 0 Å². The first kappa shape index (κ1) is 18.8. The molecule has 25 heavy (non-hydrogen) atoms. The third-order valence-corrected chi connectivity index (χ3v) is 7.99. The molecule has 0 aliphatic heterocycles. The molecule has 3 rings (SSSR count). The Labute approximate surface area is 152 Å². The summed E-state index contributed by atoms with van der Waals surface area (Å²) < 4.78 is 0. The van der Waals surface area contributed by atoms with Crippen molar-refractivity contribution in [1.82, 2.24) is 0 Å². The van der Waals surface area contributed by atoms with Crippen LogP contribution in [0.2, 0.25) is 0 Å². The molecule has 3 nitrogen and oxygen atoms in total. The molecule has 0 aromatic carbocycles. The van der Waals surface area contributed by atoms with Gasteiger partial charge in [-0.2, -0.15) is 0 Å². The minimum absolute atomic E-state index is 0.166. The predicted octanol–water partition coefficient (Wildman–Crippen LogP) is 3.90. The fraction of sp³-hybridized carbons (Fsp3) is 0.773. The summed E-state index contributed by atoms with van der Waals surface area (Å²) >= 11 is 0. The van der Waals surface area contributed by atoms with Crippen molar-refractivity contribution in [1.29, 1.82) is 0 Å². The van der Waals surface area contributed by atoms with Gasteiger partial charge in [0.2, 0.25) is 0 Å². The van der Waals surface area contributed by atoms with E-state index in [1.54, 1.807) is 6.08 Å². The topological polar surface area (TPSA) is 57.5 Å². The Bertz CT molecular complexity index is 580. The second-order valence-electron chi connectivity index (χ2n) is 9.29. The van der Waals surface area contributed by atoms with Crippen LogP contribution in [0.5, 0.6) is 0 Å². The first-order chi connectivity index (χ1) is 11.8. The molecular formula is C22H34O3. The zero-order valence-electron chi connectivity index (χ0n) is 16.1. The fourth-order valence-electron chi connectivity index (χ4n) is 6.80. The van der Waals surface area contributed by atoms with Gasteiger partial charge < -0.3 is 10.2 Å². The van der Waals surface area contributed by atoms with E-state index in [1.165, 1.54) is 5.57 Å². The molecule has 7 unspecified atom stereocenters. The van der Waals surface area contributed by atoms with Crippen molar-refractivity contribution in [2.45, 2.75) is 72.0 Å². The zero-order chi connectivity index (χ0) is 18.4. The molecule has 3 aliphatic carbocycles. The average molecular weight is 347 g/mol. The van der Waals surface area contributed by atoms with Gasteiger partial charge in [-0.05, 0) is 79.6 Å². The number of aliphatic hydroxyl groups is 2. The molecule has 3 heteroatoms. The third kappa shape index (κ3) is 2.75. The molecular weight excluding hydrogens is 312 g/mol. The van der Waals surface area contributed by atoms with Crippen LogP contribution in [0.25, 0.3) is 0 Å². The SMILES string of the molecule is CC=CCC1(C)/C(=C\C=O)CCC2C1C(O)CC1(C)C2CC(C)[C@H]1O. The van der Waals surface area contributed by atoms with Crippen molar-refractivity contribution in [3.63, 3.8) is 0 Å². The standard InChI is InChI=1S/C22H34O3/c1-5-6-10-21(3)15(9-11-23)7-8-16-17-12-14(2)20(25)22(17,4)13-18(24)19(16)21/h5-6,9,11,14,16-20,24-25H,7-8,10,12-13H2,1-4H3/b6-5?,15-9-/t14?,16?,17?,18?,19?,20-,21?,22?/m1/s1. The Balaban J connectivity index is 2.02. The molecule has 0 radical (unpaired) electrons. The lowest BCUT2D eigenvalue weighted by atomic mass is 9.47. The van der Waals surface area contributed by atoms with Gasteiger partial charge in [0.05, 0.1) is 12.2 Å². The number of allylic oxidation sites excluding steroid dienone is 4. The van der Waals surface area contributed by atoms with E-state index >= 15 is 0 Å². The van der Waals surface area contributed by atoms with Crippen LogP contribution >= 0.6 is 0 Å². The first-order valence-electron chi connectivity index (χ1n) is 9.91. The van der Waals surface area contributed by atoms with Crippen LogP contribution in [0.4, 0.5) is 0 Å². The summed E-state index contributed by atoms with van der Waals surface area (Å²) in [5.74, 6) is 1.36. The summed E-state index contributed by atoms with van der Waals surface area (Å²) in [4.78, 5) is 11.2. The molecule has 0 aromatic heterocycles. The number of aldehydes is 1. The monoisotopic (exact) mass is 346 g/mol. The van der Waals surface area contributed by atoms with Gasteiger partial charge in [0.1, 0.15) is 6.29 Å². The van der Waals surface area contributed by atoms with E-state index in [0.29, 0.717) is 24.2 Å². The van der Waals surface area contributed by atoms with Crippen LogP contribution in [0.15, 0.2) is 23.8 Å². The molecule has 2 N–H and O–H groups in total. The number of fused-ring (bicyclic) bond motifs is 3. The van der Waals surface area contributed by atoms with Gasteiger partial charge in [0.25, 0.3) is 0 Å². The van der Waals surface area contributed by atoms with Crippen LogP contribution in [0.1, 0.15) is 59.8 Å². The van der Waals surface area contributed by atoms with Crippen molar-refractivity contribution < 1.29 is 15.0 Å². The Morgan fingerprint density at radius 2 is 2.00 bits per heavy atom. The Morgan fingerprint density at radius 3 is 2.64 bits per heavy atom. The zero-order valence-corrected chi connectivity index (χ0v) is 16.1. The van der Waals surface area contributed by atoms with E-state index in [9.17, 15) is 15.0 Å². The maximum atomic E-state index is 11.2. The first-order valence-corrected chi connectivity index (χ1v) is 9.91. The largest absolute Gasteiger partial charge is 0.393 e. The van der Waals surface area contributed by atoms with Crippen LogP contribution in [-0.2, 0) is 4.79 Å². The second-order valence-corrected chi connectivity index (χ2v) is 9.29. The molecule has 140 valence electrons. The molecule has 8 atom stereocenters. The average Bonchev–Trinajstić information content (AvgIpc) is 2.79. The van der Waals surface area contributed by atoms with E-state index in [0.717, 1.165) is 32.0 Å². The summed E-state index contributed by atoms with van der Waals surface area (Å²) in [6, 6.07) is 0. The van der Waals surface area contributed by atoms with Gasteiger partial charge in [0.15, 0.2) is 0 Å². The molecule has 0 bridgehead atoms. The van der Waals surface area contributed by atoms with E-state index in [2.05, 4.69) is 32.9 Å². The molecule has 0 heterocycles. The van der Waals surface area contributed by atoms with Crippen molar-refractivity contribution in [3.8, 4) is 0 Å². The van der Waals surface area contributed by atoms with Gasteiger partial charge in [-0.1, -0.05) is 38.5 Å². The maximum absolute atomic E-state index is 11.2. The predicted molar refractivity (Wildman–Crippen MR) is 99.9 cm³/mol. The molecule has 0 amide bonds. The minimum atomic E-state index is -0.420. The second kappa shape index (κ2) is 6.66. The Kier molecular flexibility index (Phi) is 5.02. The highest BCUT2D eigenvalue weighted by molar-refractivity contribution is 5.66. The normalized spacial score (nSPS) is 51.5. The van der Waals surface area contributed by atoms with E-state index in [-0.39, 0.29) is 22.9 Å². The van der Waals surface area contributed by atoms with Crippen molar-refractivity contribution >= 4 is 6.29 Å². The number of hydrogen-bond donors (Lipinski definition) is 2. The van der Waals surface area contributed by atoms with Gasteiger partial charge in [0, 0.05) is 0 Å². The summed E-state index contributed by atoms with van der Waals surface area (Å²) in [7, 11) is 0. The van der Waals surface area contributed by atoms with E-state index < -0.39 is 6.10 Å². The highest BCUT2D eigenvalue weighted by Gasteiger charge is 2.62. The quantitative estimate of drug-likeness (QED) is 0.463.